The quantitative estimate of drug-likeness (QED) is 0.384. The second-order valence-electron chi connectivity index (χ2n) is 5.44. The molecule has 0 spiro atoms. The van der Waals surface area contributed by atoms with Crippen LogP contribution in [0.1, 0.15) is 0 Å². The van der Waals surface area contributed by atoms with E-state index >= 15 is 0 Å². The lowest BCUT2D eigenvalue weighted by atomic mass is 9.91. The van der Waals surface area contributed by atoms with E-state index in [0.29, 0.717) is 10.9 Å². The van der Waals surface area contributed by atoms with Crippen LogP contribution >= 0.6 is 11.6 Å². The van der Waals surface area contributed by atoms with Gasteiger partial charge < -0.3 is 39.9 Å². The number of hydrogen-bond acceptors (Lipinski definition) is 7. The molecule has 1 fully saturated rings. The standard InChI is InChI=1S/C14H16ClNO7/c15-12(20)9-10(18)14(22,11(19)13(21)23-9)16-5-8(17)6-3-1-2-4-7(6)16/h1-5,9-13,17-22H/t9-,10-,11-,12?,13+,14-/m0/s1. The molecular formula is C14H16ClNO7. The number of rotatable bonds is 2. The van der Waals surface area contributed by atoms with Crippen LogP contribution in [-0.2, 0) is 10.5 Å². The summed E-state index contributed by atoms with van der Waals surface area (Å²) in [5, 5.41) is 61.1. The van der Waals surface area contributed by atoms with E-state index < -0.39 is 35.9 Å². The molecule has 0 amide bonds. The lowest BCUT2D eigenvalue weighted by molar-refractivity contribution is -0.349. The zero-order chi connectivity index (χ0) is 16.9. The number of hydrogen-bond donors (Lipinski definition) is 6. The van der Waals surface area contributed by atoms with Crippen molar-refractivity contribution in [1.82, 2.24) is 4.57 Å². The summed E-state index contributed by atoms with van der Waals surface area (Å²) in [7, 11) is 0. The molecule has 23 heavy (non-hydrogen) atoms. The molecule has 0 aliphatic carbocycles. The summed E-state index contributed by atoms with van der Waals surface area (Å²) in [5.41, 5.74) is -3.93. The predicted molar refractivity (Wildman–Crippen MR) is 78.5 cm³/mol. The maximum atomic E-state index is 10.9. The van der Waals surface area contributed by atoms with Crippen LogP contribution in [0.5, 0.6) is 5.75 Å². The van der Waals surface area contributed by atoms with Gasteiger partial charge in [-0.2, -0.15) is 0 Å². The summed E-state index contributed by atoms with van der Waals surface area (Å²) in [6.45, 7) is 0. The third-order valence-corrected chi connectivity index (χ3v) is 4.34. The van der Waals surface area contributed by atoms with Crippen LogP contribution in [0.4, 0.5) is 0 Å². The molecule has 1 aromatic heterocycles. The van der Waals surface area contributed by atoms with E-state index in [-0.39, 0.29) is 5.75 Å². The molecule has 0 saturated carbocycles. The fourth-order valence-electron chi connectivity index (χ4n) is 2.89. The normalized spacial score (nSPS) is 36.3. The molecule has 2 aromatic rings. The largest absolute Gasteiger partial charge is 0.506 e. The van der Waals surface area contributed by atoms with Crippen LogP contribution in [0, 0.1) is 0 Å². The molecule has 1 saturated heterocycles. The SMILES string of the molecule is Oc1cn([C@@]2(O)[C@@H](O)[C@H](O)O[C@H](C(O)Cl)[C@@H]2O)c2ccccc12. The van der Waals surface area contributed by atoms with Crippen LogP contribution in [0.25, 0.3) is 10.9 Å². The highest BCUT2D eigenvalue weighted by Crippen LogP contribution is 2.39. The summed E-state index contributed by atoms with van der Waals surface area (Å²) < 4.78 is 5.86. The highest BCUT2D eigenvalue weighted by atomic mass is 35.5. The average Bonchev–Trinajstić information content (AvgIpc) is 2.86. The maximum Gasteiger partial charge on any atom is 0.202 e. The third kappa shape index (κ3) is 2.31. The van der Waals surface area contributed by atoms with Gasteiger partial charge in [-0.15, -0.1) is 0 Å². The first kappa shape index (κ1) is 16.5. The van der Waals surface area contributed by atoms with Crippen molar-refractivity contribution in [2.75, 3.05) is 0 Å². The Morgan fingerprint density at radius 2 is 1.83 bits per heavy atom. The summed E-state index contributed by atoms with van der Waals surface area (Å²) >= 11 is 5.51. The molecule has 6 atom stereocenters. The number of fused-ring (bicyclic) bond motifs is 1. The van der Waals surface area contributed by atoms with E-state index in [1.807, 2.05) is 0 Å². The first-order valence-electron chi connectivity index (χ1n) is 6.82. The second kappa shape index (κ2) is 5.60. The predicted octanol–water partition coefficient (Wildman–Crippen LogP) is -1.01. The first-order chi connectivity index (χ1) is 10.8. The van der Waals surface area contributed by atoms with Gasteiger partial charge in [0.05, 0.1) is 5.52 Å². The highest BCUT2D eigenvalue weighted by molar-refractivity contribution is 6.19. The minimum Gasteiger partial charge on any atom is -0.506 e. The van der Waals surface area contributed by atoms with Crippen LogP contribution in [0.3, 0.4) is 0 Å². The molecule has 6 N–H and O–H groups in total. The van der Waals surface area contributed by atoms with Gasteiger partial charge >= 0.3 is 0 Å². The van der Waals surface area contributed by atoms with Gasteiger partial charge in [-0.1, -0.05) is 23.7 Å². The number of alkyl halides is 1. The number of aromatic hydroxyl groups is 1. The number of halogens is 1. The van der Waals surface area contributed by atoms with Gasteiger partial charge in [-0.05, 0) is 12.1 Å². The van der Waals surface area contributed by atoms with E-state index in [0.717, 1.165) is 10.8 Å². The first-order valence-corrected chi connectivity index (χ1v) is 7.25. The summed E-state index contributed by atoms with van der Waals surface area (Å²) in [5.74, 6) is -0.197. The highest BCUT2D eigenvalue weighted by Gasteiger charge is 2.58. The van der Waals surface area contributed by atoms with Crippen molar-refractivity contribution in [1.29, 1.82) is 0 Å². The molecule has 0 bridgehead atoms. The smallest absolute Gasteiger partial charge is 0.202 e. The van der Waals surface area contributed by atoms with E-state index in [9.17, 15) is 30.6 Å². The van der Waals surface area contributed by atoms with Crippen molar-refractivity contribution >= 4 is 22.5 Å². The lowest BCUT2D eigenvalue weighted by Gasteiger charge is -2.47. The van der Waals surface area contributed by atoms with Crippen LogP contribution in [0.15, 0.2) is 30.5 Å². The maximum absolute atomic E-state index is 10.9. The van der Waals surface area contributed by atoms with Gasteiger partial charge in [0.25, 0.3) is 0 Å². The van der Waals surface area contributed by atoms with Crippen molar-refractivity contribution in [3.05, 3.63) is 30.5 Å². The number of ether oxygens (including phenoxy) is 1. The molecule has 1 unspecified atom stereocenters. The molecule has 126 valence electrons. The average molecular weight is 346 g/mol. The zero-order valence-electron chi connectivity index (χ0n) is 11.7. The number of para-hydroxylation sites is 1. The second-order valence-corrected chi connectivity index (χ2v) is 5.89. The topological polar surface area (TPSA) is 136 Å². The van der Waals surface area contributed by atoms with Crippen LogP contribution in [0.2, 0.25) is 0 Å². The number of benzene rings is 1. The minimum atomic E-state index is -2.49. The minimum absolute atomic E-state index is 0.197. The number of aromatic nitrogens is 1. The van der Waals surface area contributed by atoms with Gasteiger partial charge in [-0.3, -0.25) is 0 Å². The Labute approximate surface area is 135 Å². The molecule has 1 aromatic carbocycles. The Morgan fingerprint density at radius 3 is 2.48 bits per heavy atom. The van der Waals surface area contributed by atoms with E-state index in [4.69, 9.17) is 16.3 Å². The Kier molecular flexibility index (Phi) is 4.01. The zero-order valence-corrected chi connectivity index (χ0v) is 12.4. The van der Waals surface area contributed by atoms with Crippen molar-refractivity contribution in [2.24, 2.45) is 0 Å². The lowest BCUT2D eigenvalue weighted by Crippen LogP contribution is -2.68. The van der Waals surface area contributed by atoms with Gasteiger partial charge in [0.15, 0.2) is 18.0 Å². The van der Waals surface area contributed by atoms with Gasteiger partial charge in [0.2, 0.25) is 5.72 Å². The summed E-state index contributed by atoms with van der Waals surface area (Å²) in [6.07, 6.45) is -6.22. The molecule has 1 aliphatic rings. The van der Waals surface area contributed by atoms with E-state index in [1.165, 1.54) is 0 Å². The van der Waals surface area contributed by atoms with Crippen molar-refractivity contribution in [3.63, 3.8) is 0 Å². The summed E-state index contributed by atoms with van der Waals surface area (Å²) in [6, 6.07) is 6.41. The van der Waals surface area contributed by atoms with Gasteiger partial charge in [0.1, 0.15) is 18.0 Å². The fraction of sp³-hybridized carbons (Fsp3) is 0.429. The molecule has 1 aliphatic heterocycles. The van der Waals surface area contributed by atoms with Crippen LogP contribution in [-0.4, -0.2) is 65.4 Å². The van der Waals surface area contributed by atoms with E-state index in [1.54, 1.807) is 24.3 Å². The van der Waals surface area contributed by atoms with Crippen molar-refractivity contribution < 1.29 is 35.4 Å². The Morgan fingerprint density at radius 1 is 1.17 bits per heavy atom. The van der Waals surface area contributed by atoms with Crippen molar-refractivity contribution in [2.45, 2.75) is 35.9 Å². The van der Waals surface area contributed by atoms with Gasteiger partial charge in [0, 0.05) is 11.6 Å². The molecule has 2 heterocycles. The van der Waals surface area contributed by atoms with E-state index in [2.05, 4.69) is 0 Å². The Hall–Kier alpha value is -1.39. The molecule has 3 rings (SSSR count). The third-order valence-electron chi connectivity index (χ3n) is 4.10. The summed E-state index contributed by atoms with van der Waals surface area (Å²) in [4.78, 5) is 0. The number of aliphatic hydroxyl groups excluding tert-OH is 4. The number of nitrogens with zero attached hydrogens (tertiary/aromatic N) is 1. The Bertz CT molecular complexity index is 720. The van der Waals surface area contributed by atoms with Crippen molar-refractivity contribution in [3.8, 4) is 5.75 Å². The van der Waals surface area contributed by atoms with Gasteiger partial charge in [-0.25, -0.2) is 0 Å². The molecule has 8 nitrogen and oxygen atoms in total. The fourth-order valence-corrected chi connectivity index (χ4v) is 3.09. The molecular weight excluding hydrogens is 330 g/mol. The Balaban J connectivity index is 2.20. The van der Waals surface area contributed by atoms with Crippen LogP contribution < -0.4 is 0 Å². The number of aliphatic hydroxyl groups is 5. The monoisotopic (exact) mass is 345 g/mol. The molecule has 0 radical (unpaired) electrons. The molecule has 9 heteroatoms.